The molecule has 7 nitrogen and oxygen atoms in total. The average molecular weight is 456 g/mol. The fourth-order valence-electron chi connectivity index (χ4n) is 3.19. The molecule has 0 aliphatic carbocycles. The van der Waals surface area contributed by atoms with Crippen LogP contribution < -0.4 is 10.2 Å². The molecule has 168 valence electrons. The smallest absolute Gasteiger partial charge is 0.416 e. The van der Waals surface area contributed by atoms with Gasteiger partial charge in [-0.25, -0.2) is 4.98 Å². The van der Waals surface area contributed by atoms with Gasteiger partial charge in [-0.1, -0.05) is 0 Å². The van der Waals surface area contributed by atoms with E-state index in [1.807, 2.05) is 9.80 Å². The molecule has 1 aliphatic heterocycles. The Hall–Kier alpha value is -2.66. The van der Waals surface area contributed by atoms with Crippen LogP contribution in [0.4, 0.5) is 24.0 Å². The lowest BCUT2D eigenvalue weighted by Crippen LogP contribution is -2.48. The third-order valence-corrected chi connectivity index (χ3v) is 5.53. The predicted octanol–water partition coefficient (Wildman–Crippen LogP) is 3.03. The number of hydrogen-bond donors (Lipinski definition) is 1. The number of esters is 1. The molecule has 1 aliphatic rings. The van der Waals surface area contributed by atoms with Gasteiger partial charge in [-0.05, 0) is 31.2 Å². The quantitative estimate of drug-likeness (QED) is 0.646. The lowest BCUT2D eigenvalue weighted by molar-refractivity contribution is -0.142. The fourth-order valence-corrected chi connectivity index (χ4v) is 3.92. The average Bonchev–Trinajstić information content (AvgIpc) is 3.14. The first-order chi connectivity index (χ1) is 14.7. The summed E-state index contributed by atoms with van der Waals surface area (Å²) in [6.45, 7) is 4.67. The molecule has 3 rings (SSSR count). The first-order valence-electron chi connectivity index (χ1n) is 9.79. The third kappa shape index (κ3) is 6.66. The minimum atomic E-state index is -4.35. The summed E-state index contributed by atoms with van der Waals surface area (Å²) in [6, 6.07) is 5.11. The van der Waals surface area contributed by atoms with E-state index in [1.165, 1.54) is 23.5 Å². The molecule has 1 N–H and O–H groups in total. The van der Waals surface area contributed by atoms with E-state index >= 15 is 0 Å². The van der Waals surface area contributed by atoms with E-state index in [9.17, 15) is 22.8 Å². The molecule has 0 saturated carbocycles. The minimum Gasteiger partial charge on any atom is -0.466 e. The van der Waals surface area contributed by atoms with Crippen LogP contribution in [0.25, 0.3) is 0 Å². The number of benzene rings is 1. The molecule has 11 heteroatoms. The Kier molecular flexibility index (Phi) is 7.50. The molecule has 0 unspecified atom stereocenters. The normalized spacial score (nSPS) is 15.0. The first kappa shape index (κ1) is 23.0. The molecule has 0 radical (unpaired) electrons. The maximum atomic E-state index is 12.7. The van der Waals surface area contributed by atoms with E-state index in [4.69, 9.17) is 4.74 Å². The summed E-state index contributed by atoms with van der Waals surface area (Å²) < 4.78 is 43.0. The maximum absolute atomic E-state index is 12.7. The van der Waals surface area contributed by atoms with Crippen molar-refractivity contribution in [3.05, 3.63) is 40.9 Å². The molecule has 0 atom stereocenters. The lowest BCUT2D eigenvalue weighted by Gasteiger charge is -2.35. The molecule has 1 fully saturated rings. The van der Waals surface area contributed by atoms with Gasteiger partial charge in [0.2, 0.25) is 5.91 Å². The number of aromatic nitrogens is 1. The van der Waals surface area contributed by atoms with Crippen molar-refractivity contribution in [1.82, 2.24) is 9.88 Å². The van der Waals surface area contributed by atoms with Crippen LogP contribution in [-0.2, 0) is 26.9 Å². The number of nitrogens with one attached hydrogen (secondary N) is 1. The summed E-state index contributed by atoms with van der Waals surface area (Å²) in [5.41, 5.74) is 0.608. The van der Waals surface area contributed by atoms with E-state index in [0.29, 0.717) is 43.6 Å². The summed E-state index contributed by atoms with van der Waals surface area (Å²) in [5.74, 6) is -0.573. The van der Waals surface area contributed by atoms with Gasteiger partial charge in [-0.2, -0.15) is 13.2 Å². The second-order valence-corrected chi connectivity index (χ2v) is 7.84. The Balaban J connectivity index is 1.44. The Labute approximate surface area is 181 Å². The van der Waals surface area contributed by atoms with Crippen LogP contribution in [0.2, 0.25) is 0 Å². The van der Waals surface area contributed by atoms with Crippen LogP contribution in [0, 0.1) is 0 Å². The van der Waals surface area contributed by atoms with E-state index in [1.54, 1.807) is 12.3 Å². The van der Waals surface area contributed by atoms with Crippen molar-refractivity contribution >= 4 is 34.0 Å². The molecule has 1 aromatic carbocycles. The van der Waals surface area contributed by atoms with E-state index in [2.05, 4.69) is 10.3 Å². The summed E-state index contributed by atoms with van der Waals surface area (Å²) in [6.07, 6.45) is -4.28. The Morgan fingerprint density at radius 3 is 2.45 bits per heavy atom. The van der Waals surface area contributed by atoms with Crippen molar-refractivity contribution in [3.8, 4) is 0 Å². The molecule has 1 saturated heterocycles. The van der Waals surface area contributed by atoms with Gasteiger partial charge >= 0.3 is 12.1 Å². The second-order valence-electron chi connectivity index (χ2n) is 6.98. The number of carbonyl (C=O) groups is 2. The number of alkyl halides is 3. The third-order valence-electron chi connectivity index (χ3n) is 4.73. The number of amides is 1. The van der Waals surface area contributed by atoms with Gasteiger partial charge < -0.3 is 15.0 Å². The summed E-state index contributed by atoms with van der Waals surface area (Å²) in [5, 5.41) is 4.86. The van der Waals surface area contributed by atoms with E-state index in [0.717, 1.165) is 17.8 Å². The van der Waals surface area contributed by atoms with Gasteiger partial charge in [-0.3, -0.25) is 14.5 Å². The zero-order valence-electron chi connectivity index (χ0n) is 16.9. The van der Waals surface area contributed by atoms with Gasteiger partial charge in [-0.15, -0.1) is 11.3 Å². The van der Waals surface area contributed by atoms with E-state index in [-0.39, 0.29) is 24.8 Å². The summed E-state index contributed by atoms with van der Waals surface area (Å²) in [7, 11) is 0. The Morgan fingerprint density at radius 1 is 1.16 bits per heavy atom. The molecule has 31 heavy (non-hydrogen) atoms. The number of carbonyl (C=O) groups excluding carboxylic acids is 2. The summed E-state index contributed by atoms with van der Waals surface area (Å²) >= 11 is 1.24. The molecule has 0 bridgehead atoms. The van der Waals surface area contributed by atoms with Crippen molar-refractivity contribution in [2.24, 2.45) is 0 Å². The number of hydrogen-bond acceptors (Lipinski definition) is 7. The number of ether oxygens (including phenoxy) is 1. The molecule has 2 heterocycles. The molecule has 1 aromatic heterocycles. The van der Waals surface area contributed by atoms with Crippen LogP contribution in [0.3, 0.4) is 0 Å². The van der Waals surface area contributed by atoms with Gasteiger partial charge in [0.15, 0.2) is 5.13 Å². The first-order valence-corrected chi connectivity index (χ1v) is 10.7. The highest BCUT2D eigenvalue weighted by molar-refractivity contribution is 7.13. The van der Waals surface area contributed by atoms with Crippen LogP contribution in [0.5, 0.6) is 0 Å². The monoisotopic (exact) mass is 456 g/mol. The highest BCUT2D eigenvalue weighted by Crippen LogP contribution is 2.30. The molecular weight excluding hydrogens is 433 g/mol. The van der Waals surface area contributed by atoms with Gasteiger partial charge in [0, 0.05) is 37.2 Å². The number of piperazine rings is 1. The van der Waals surface area contributed by atoms with Gasteiger partial charge in [0.25, 0.3) is 0 Å². The predicted molar refractivity (Wildman–Crippen MR) is 111 cm³/mol. The van der Waals surface area contributed by atoms with Crippen molar-refractivity contribution in [1.29, 1.82) is 0 Å². The van der Waals surface area contributed by atoms with Crippen LogP contribution in [0.1, 0.15) is 18.2 Å². The second kappa shape index (κ2) is 10.1. The minimum absolute atomic E-state index is 0.0616. The number of rotatable bonds is 7. The summed E-state index contributed by atoms with van der Waals surface area (Å²) in [4.78, 5) is 32.0. The van der Waals surface area contributed by atoms with Crippen LogP contribution in [-0.4, -0.2) is 61.1 Å². The molecular formula is C20H23F3N4O3S. The Morgan fingerprint density at radius 2 is 1.84 bits per heavy atom. The van der Waals surface area contributed by atoms with Crippen LogP contribution >= 0.6 is 11.3 Å². The van der Waals surface area contributed by atoms with Crippen LogP contribution in [0.15, 0.2) is 29.6 Å². The number of halogens is 3. The van der Waals surface area contributed by atoms with Crippen molar-refractivity contribution in [3.63, 3.8) is 0 Å². The number of thiazole rings is 1. The van der Waals surface area contributed by atoms with Crippen molar-refractivity contribution in [2.75, 3.05) is 49.5 Å². The van der Waals surface area contributed by atoms with Crippen molar-refractivity contribution < 1.29 is 27.5 Å². The van der Waals surface area contributed by atoms with Gasteiger partial charge in [0.1, 0.15) is 0 Å². The zero-order valence-corrected chi connectivity index (χ0v) is 17.8. The standard InChI is InChI=1S/C20H23F3N4O3S/c1-2-30-18(29)11-15-13-31-19(24-15)25-17(28)12-26-7-9-27(10-8-26)16-5-3-14(4-6-16)20(21,22)23/h3-6,13H,2,7-12H2,1H3,(H,24,25,28). The van der Waals surface area contributed by atoms with Gasteiger partial charge in [0.05, 0.1) is 30.8 Å². The number of nitrogens with zero attached hydrogens (tertiary/aromatic N) is 3. The Bertz CT molecular complexity index is 894. The molecule has 1 amide bonds. The highest BCUT2D eigenvalue weighted by Gasteiger charge is 2.30. The largest absolute Gasteiger partial charge is 0.466 e. The van der Waals surface area contributed by atoms with E-state index < -0.39 is 11.7 Å². The molecule has 2 aromatic rings. The lowest BCUT2D eigenvalue weighted by atomic mass is 10.1. The SMILES string of the molecule is CCOC(=O)Cc1csc(NC(=O)CN2CCN(c3ccc(C(F)(F)F)cc3)CC2)n1. The zero-order chi connectivity index (χ0) is 22.4. The number of anilines is 2. The van der Waals surface area contributed by atoms with Crippen molar-refractivity contribution in [2.45, 2.75) is 19.5 Å². The highest BCUT2D eigenvalue weighted by atomic mass is 32.1. The maximum Gasteiger partial charge on any atom is 0.416 e. The topological polar surface area (TPSA) is 74.8 Å². The fraction of sp³-hybridized carbons (Fsp3) is 0.450. The molecule has 0 spiro atoms.